The van der Waals surface area contributed by atoms with E-state index in [9.17, 15) is 9.90 Å². The molecule has 6 rings (SSSR count). The Hall–Kier alpha value is -3.07. The minimum absolute atomic E-state index is 0. The molecule has 0 fully saturated rings. The zero-order valence-corrected chi connectivity index (χ0v) is 26.5. The van der Waals surface area contributed by atoms with Crippen LogP contribution in [0.25, 0.3) is 44.6 Å². The molecule has 2 aromatic heterocycles. The molecule has 0 radical (unpaired) electrons. The average Bonchev–Trinajstić information content (AvgIpc) is 3.47. The second-order valence-corrected chi connectivity index (χ2v) is 10.1. The number of carboxylic acids is 1. The van der Waals surface area contributed by atoms with Gasteiger partial charge in [-0.15, -0.1) is 0 Å². The molecule has 2 heterocycles. The van der Waals surface area contributed by atoms with Crippen molar-refractivity contribution in [2.75, 3.05) is 0 Å². The maximum atomic E-state index is 11.7. The number of aromatic carboxylic acids is 1. The van der Waals surface area contributed by atoms with E-state index in [0.717, 1.165) is 74.4 Å². The van der Waals surface area contributed by atoms with Crippen LogP contribution in [0.4, 0.5) is 0 Å². The van der Waals surface area contributed by atoms with E-state index in [0.29, 0.717) is 12.1 Å². The van der Waals surface area contributed by atoms with Crippen molar-refractivity contribution < 1.29 is 62.7 Å². The number of aryl methyl sites for hydroxylation is 3. The fraction of sp³-hybridized carbons (Fsp3) is 0.182. The molecule has 1 N–H and O–H groups in total. The van der Waals surface area contributed by atoms with Crippen molar-refractivity contribution in [1.29, 1.82) is 0 Å². The summed E-state index contributed by atoms with van der Waals surface area (Å²) >= 11 is 0. The first-order valence-corrected chi connectivity index (χ1v) is 13.3. The Labute approximate surface area is 277 Å². The van der Waals surface area contributed by atoms with E-state index < -0.39 is 5.97 Å². The summed E-state index contributed by atoms with van der Waals surface area (Å²) < 4.78 is 4.47. The van der Waals surface area contributed by atoms with E-state index in [1.807, 2.05) is 42.5 Å². The number of aromatic nitrogens is 4. The predicted molar refractivity (Wildman–Crippen MR) is 157 cm³/mol. The molecule has 6 aromatic rings. The summed E-state index contributed by atoms with van der Waals surface area (Å²) in [6.45, 7) is 4.98. The van der Waals surface area contributed by atoms with Crippen molar-refractivity contribution in [2.45, 2.75) is 33.2 Å². The number of hydrogen-bond acceptors (Lipinski definition) is 3. The smallest absolute Gasteiger partial charge is 1.00 e. The average molecular weight is 555 g/mol. The zero-order valence-electron chi connectivity index (χ0n) is 24.3. The van der Waals surface area contributed by atoms with Crippen molar-refractivity contribution in [1.82, 2.24) is 19.1 Å². The molecule has 0 unspecified atom stereocenters. The molecule has 0 aliphatic heterocycles. The van der Waals surface area contributed by atoms with E-state index in [1.54, 1.807) is 12.1 Å². The van der Waals surface area contributed by atoms with Gasteiger partial charge >= 0.3 is 57.4 Å². The molecule has 7 heteroatoms. The maximum absolute atomic E-state index is 11.7. The van der Waals surface area contributed by atoms with Gasteiger partial charge in [-0.2, -0.15) is 0 Å². The molecule has 0 spiro atoms. The SMILES string of the molecule is CCCc1nc2c(C)cc(-c3nc4ccccc4n3C)cc2n1Cc1ccc(-c2ccccc2C(=O)O)cc1.[H-].[K+]. The molecule has 196 valence electrons. The second-order valence-electron chi connectivity index (χ2n) is 10.1. The molecule has 0 bridgehead atoms. The molecule has 0 saturated heterocycles. The third kappa shape index (κ3) is 5.20. The Kier molecular flexibility index (Phi) is 8.40. The Morgan fingerprint density at radius 2 is 1.62 bits per heavy atom. The van der Waals surface area contributed by atoms with Crippen molar-refractivity contribution in [3.05, 3.63) is 107 Å². The Morgan fingerprint density at radius 1 is 0.900 bits per heavy atom. The van der Waals surface area contributed by atoms with Crippen LogP contribution < -0.4 is 51.4 Å². The van der Waals surface area contributed by atoms with Gasteiger partial charge in [-0.05, 0) is 65.9 Å². The minimum Gasteiger partial charge on any atom is -1.00 e. The van der Waals surface area contributed by atoms with Gasteiger partial charge in [0.05, 0.1) is 27.6 Å². The van der Waals surface area contributed by atoms with Crippen molar-refractivity contribution in [3.63, 3.8) is 0 Å². The molecule has 0 aliphatic carbocycles. The maximum Gasteiger partial charge on any atom is 1.00 e. The molecule has 0 saturated carbocycles. The van der Waals surface area contributed by atoms with E-state index in [-0.39, 0.29) is 52.8 Å². The summed E-state index contributed by atoms with van der Waals surface area (Å²) in [6.07, 6.45) is 1.89. The van der Waals surface area contributed by atoms with Crippen LogP contribution >= 0.6 is 0 Å². The van der Waals surface area contributed by atoms with Gasteiger partial charge in [0.1, 0.15) is 11.6 Å². The number of carboxylic acid groups (broad SMARTS) is 1. The van der Waals surface area contributed by atoms with E-state index >= 15 is 0 Å². The molecule has 0 atom stereocenters. The van der Waals surface area contributed by atoms with E-state index in [4.69, 9.17) is 9.97 Å². The van der Waals surface area contributed by atoms with Crippen LogP contribution in [-0.4, -0.2) is 30.2 Å². The first-order chi connectivity index (χ1) is 18.9. The molecule has 0 aliphatic rings. The Morgan fingerprint density at radius 3 is 2.35 bits per heavy atom. The number of carbonyl (C=O) groups is 1. The number of hydrogen-bond donors (Lipinski definition) is 1. The molecule has 0 amide bonds. The Balaban J connectivity index is 0.00000194. The normalized spacial score (nSPS) is 11.2. The standard InChI is InChI=1S/C33H30N4O2.K.H/c1-4-9-30-35-31-21(2)18-24(32-34-27-12-7-8-13-28(27)36(32)3)19-29(31)37(30)20-22-14-16-23(17-15-22)25-10-5-6-11-26(25)33(38)39;;/h5-8,10-19H,4,9,20H2,1-3H3,(H,38,39);;/q;+1;-1. The predicted octanol–water partition coefficient (Wildman–Crippen LogP) is 4.38. The third-order valence-electron chi connectivity index (χ3n) is 7.41. The molecule has 4 aromatic carbocycles. The van der Waals surface area contributed by atoms with Crippen LogP contribution in [0.5, 0.6) is 0 Å². The summed E-state index contributed by atoms with van der Waals surface area (Å²) in [5.74, 6) is 1.08. The number of benzene rings is 4. The molecule has 40 heavy (non-hydrogen) atoms. The van der Waals surface area contributed by atoms with Crippen molar-refractivity contribution in [3.8, 4) is 22.5 Å². The minimum atomic E-state index is -0.921. The fourth-order valence-corrected chi connectivity index (χ4v) is 5.46. The van der Waals surface area contributed by atoms with Gasteiger partial charge in [-0.25, -0.2) is 14.8 Å². The van der Waals surface area contributed by atoms with Crippen LogP contribution in [0, 0.1) is 6.92 Å². The van der Waals surface area contributed by atoms with Gasteiger partial charge in [-0.3, -0.25) is 0 Å². The molecule has 6 nitrogen and oxygen atoms in total. The first-order valence-electron chi connectivity index (χ1n) is 13.3. The number of fused-ring (bicyclic) bond motifs is 2. The number of imidazole rings is 2. The number of rotatable bonds is 7. The fourth-order valence-electron chi connectivity index (χ4n) is 5.46. The Bertz CT molecular complexity index is 1860. The van der Waals surface area contributed by atoms with Crippen LogP contribution in [0.3, 0.4) is 0 Å². The van der Waals surface area contributed by atoms with E-state index in [2.05, 4.69) is 60.4 Å². The van der Waals surface area contributed by atoms with Crippen LogP contribution in [0.1, 0.15) is 42.1 Å². The van der Waals surface area contributed by atoms with E-state index in [1.165, 1.54) is 0 Å². The van der Waals surface area contributed by atoms with Gasteiger partial charge in [0.2, 0.25) is 0 Å². The zero-order chi connectivity index (χ0) is 27.1. The topological polar surface area (TPSA) is 72.9 Å². The second kappa shape index (κ2) is 11.8. The van der Waals surface area contributed by atoms with Crippen LogP contribution in [-0.2, 0) is 20.0 Å². The largest absolute Gasteiger partial charge is 1.00 e. The van der Waals surface area contributed by atoms with Gasteiger partial charge in [0, 0.05) is 25.6 Å². The van der Waals surface area contributed by atoms with Gasteiger partial charge < -0.3 is 15.7 Å². The van der Waals surface area contributed by atoms with Crippen molar-refractivity contribution >= 4 is 28.0 Å². The summed E-state index contributed by atoms with van der Waals surface area (Å²) in [4.78, 5) is 21.7. The van der Waals surface area contributed by atoms with Gasteiger partial charge in [-0.1, -0.05) is 61.5 Å². The van der Waals surface area contributed by atoms with Crippen LogP contribution in [0.2, 0.25) is 0 Å². The van der Waals surface area contributed by atoms with Crippen LogP contribution in [0.15, 0.2) is 84.9 Å². The first kappa shape index (κ1) is 28.5. The summed E-state index contributed by atoms with van der Waals surface area (Å²) in [7, 11) is 2.06. The summed E-state index contributed by atoms with van der Waals surface area (Å²) in [5.41, 5.74) is 9.46. The monoisotopic (exact) mass is 554 g/mol. The number of nitrogens with zero attached hydrogens (tertiary/aromatic N) is 4. The van der Waals surface area contributed by atoms with Gasteiger partial charge in [0.15, 0.2) is 0 Å². The summed E-state index contributed by atoms with van der Waals surface area (Å²) in [5, 5.41) is 9.60. The van der Waals surface area contributed by atoms with Crippen molar-refractivity contribution in [2.24, 2.45) is 7.05 Å². The third-order valence-corrected chi connectivity index (χ3v) is 7.41. The summed E-state index contributed by atoms with van der Waals surface area (Å²) in [6, 6.07) is 27.9. The molecular weight excluding hydrogens is 523 g/mol. The van der Waals surface area contributed by atoms with Gasteiger partial charge in [0.25, 0.3) is 0 Å². The number of para-hydroxylation sites is 2. The molecular formula is C33H31KN4O2. The quantitative estimate of drug-likeness (QED) is 0.297.